The van der Waals surface area contributed by atoms with Gasteiger partial charge in [-0.3, -0.25) is 18.7 Å². The Balaban J connectivity index is 1.89. The van der Waals surface area contributed by atoms with Gasteiger partial charge in [0.05, 0.1) is 23.7 Å². The fourth-order valence-corrected chi connectivity index (χ4v) is 5.62. The van der Waals surface area contributed by atoms with Gasteiger partial charge in [0.25, 0.3) is 5.56 Å². The third-order valence-electron chi connectivity index (χ3n) is 5.35. The normalized spacial score (nSPS) is 12.0. The number of nitrogens with zero attached hydrogens (tertiary/aromatic N) is 3. The smallest absolute Gasteiger partial charge is 0.278 e. The van der Waals surface area contributed by atoms with E-state index in [1.54, 1.807) is 9.13 Å². The maximum Gasteiger partial charge on any atom is 0.278 e. The van der Waals surface area contributed by atoms with Crippen LogP contribution >= 0.6 is 35.3 Å². The summed E-state index contributed by atoms with van der Waals surface area (Å²) in [6, 6.07) is 16.9. The summed E-state index contributed by atoms with van der Waals surface area (Å²) in [4.78, 5) is 31.1. The molecule has 0 bridgehead atoms. The molecule has 4 rings (SSSR count). The van der Waals surface area contributed by atoms with Crippen LogP contribution in [0.2, 0.25) is 0 Å². The van der Waals surface area contributed by atoms with Crippen molar-refractivity contribution < 1.29 is 9.53 Å². The molecular weight excluding hydrogens is 501 g/mol. The molecule has 1 amide bonds. The molecule has 0 aliphatic carbocycles. The summed E-state index contributed by atoms with van der Waals surface area (Å²) < 4.78 is 10.1. The molecular formula is C25H26N4O3S3. The van der Waals surface area contributed by atoms with E-state index in [9.17, 15) is 9.59 Å². The third-order valence-corrected chi connectivity index (χ3v) is 7.64. The monoisotopic (exact) mass is 526 g/mol. The quantitative estimate of drug-likeness (QED) is 0.179. The van der Waals surface area contributed by atoms with Crippen LogP contribution < -0.4 is 15.6 Å². The van der Waals surface area contributed by atoms with E-state index >= 15 is 0 Å². The highest BCUT2D eigenvalue weighted by Crippen LogP contribution is 2.31. The molecule has 0 unspecified atom stereocenters. The minimum absolute atomic E-state index is 0.0757. The number of fused-ring (bicyclic) bond motifs is 1. The molecule has 0 fully saturated rings. The van der Waals surface area contributed by atoms with Crippen molar-refractivity contribution >= 4 is 51.6 Å². The molecule has 0 aliphatic rings. The van der Waals surface area contributed by atoms with Gasteiger partial charge in [0.15, 0.2) is 14.8 Å². The lowest BCUT2D eigenvalue weighted by Crippen LogP contribution is -2.33. The van der Waals surface area contributed by atoms with Gasteiger partial charge < -0.3 is 10.1 Å². The number of amides is 1. The van der Waals surface area contributed by atoms with Gasteiger partial charge in [-0.2, -0.15) is 0 Å². The van der Waals surface area contributed by atoms with Crippen LogP contribution in [0.1, 0.15) is 27.2 Å². The van der Waals surface area contributed by atoms with Crippen molar-refractivity contribution in [1.29, 1.82) is 0 Å². The van der Waals surface area contributed by atoms with E-state index < -0.39 is 0 Å². The first-order chi connectivity index (χ1) is 16.9. The van der Waals surface area contributed by atoms with Crippen molar-refractivity contribution in [2.45, 2.75) is 38.4 Å². The van der Waals surface area contributed by atoms with Crippen LogP contribution in [0.3, 0.4) is 0 Å². The lowest BCUT2D eigenvalue weighted by molar-refractivity contribution is -0.119. The van der Waals surface area contributed by atoms with Crippen molar-refractivity contribution in [3.05, 3.63) is 68.9 Å². The second-order valence-electron chi connectivity index (χ2n) is 7.79. The maximum absolute atomic E-state index is 13.8. The molecule has 0 saturated heterocycles. The Bertz CT molecular complexity index is 1460. The number of carbonyl (C=O) groups is 1. The van der Waals surface area contributed by atoms with E-state index in [4.69, 9.17) is 21.9 Å². The molecule has 2 heterocycles. The number of thioether (sulfide) groups is 1. The zero-order valence-electron chi connectivity index (χ0n) is 19.7. The standard InChI is InChI=1S/C25H26N4O3S3/c1-4-16(3)26-20(30)15-34-24-27-22-21(23(31)28(24)17-11-7-6-8-12-17)35-25(33)29(22)18-13-9-10-14-19(18)32-5-2/h6-14,16H,4-5,15H2,1-3H3,(H,26,30)/t16-/m0/s1. The zero-order valence-corrected chi connectivity index (χ0v) is 22.1. The van der Waals surface area contributed by atoms with Crippen LogP contribution in [0, 0.1) is 3.95 Å². The molecule has 0 saturated carbocycles. The van der Waals surface area contributed by atoms with Crippen molar-refractivity contribution in [3.63, 3.8) is 0 Å². The molecule has 182 valence electrons. The molecule has 35 heavy (non-hydrogen) atoms. The van der Waals surface area contributed by atoms with Gasteiger partial charge >= 0.3 is 0 Å². The lowest BCUT2D eigenvalue weighted by Gasteiger charge is -2.15. The number of aromatic nitrogens is 3. The number of carbonyl (C=O) groups excluding carboxylic acids is 1. The number of benzene rings is 2. The number of thiazole rings is 1. The molecule has 0 aliphatic heterocycles. The first-order valence-electron chi connectivity index (χ1n) is 11.3. The fraction of sp³-hybridized carbons (Fsp3) is 0.280. The summed E-state index contributed by atoms with van der Waals surface area (Å²) in [5.41, 5.74) is 1.63. The van der Waals surface area contributed by atoms with Crippen molar-refractivity contribution in [1.82, 2.24) is 19.4 Å². The highest BCUT2D eigenvalue weighted by atomic mass is 32.2. The Labute approximate surface area is 216 Å². The number of para-hydroxylation sites is 3. The summed E-state index contributed by atoms with van der Waals surface area (Å²) in [5, 5.41) is 3.38. The topological polar surface area (TPSA) is 78.1 Å². The fourth-order valence-electron chi connectivity index (χ4n) is 3.52. The summed E-state index contributed by atoms with van der Waals surface area (Å²) in [7, 11) is 0. The number of nitrogens with one attached hydrogen (secondary N) is 1. The number of hydrogen-bond donors (Lipinski definition) is 1. The van der Waals surface area contributed by atoms with Crippen LogP contribution in [0.15, 0.2) is 64.5 Å². The largest absolute Gasteiger partial charge is 0.492 e. The predicted molar refractivity (Wildman–Crippen MR) is 145 cm³/mol. The first kappa shape index (κ1) is 25.2. The number of hydrogen-bond acceptors (Lipinski definition) is 7. The van der Waals surface area contributed by atoms with Crippen LogP contribution in [-0.4, -0.2) is 38.4 Å². The molecule has 4 aromatic rings. The van der Waals surface area contributed by atoms with Gasteiger partial charge in [-0.25, -0.2) is 4.98 Å². The number of rotatable bonds is 9. The Morgan fingerprint density at radius 1 is 1.14 bits per heavy atom. The highest BCUT2D eigenvalue weighted by molar-refractivity contribution is 7.99. The molecule has 1 atom stereocenters. The van der Waals surface area contributed by atoms with Crippen molar-refractivity contribution in [3.8, 4) is 17.1 Å². The second-order valence-corrected chi connectivity index (χ2v) is 10.4. The van der Waals surface area contributed by atoms with Crippen molar-refractivity contribution in [2.75, 3.05) is 12.4 Å². The average molecular weight is 527 g/mol. The van der Waals surface area contributed by atoms with Gasteiger partial charge in [0.2, 0.25) is 5.91 Å². The Hall–Kier alpha value is -2.95. The van der Waals surface area contributed by atoms with E-state index in [-0.39, 0.29) is 23.3 Å². The van der Waals surface area contributed by atoms with Gasteiger partial charge in [0.1, 0.15) is 10.4 Å². The van der Waals surface area contributed by atoms with Gasteiger partial charge in [-0.05, 0) is 56.8 Å². The van der Waals surface area contributed by atoms with Crippen LogP contribution in [0.4, 0.5) is 0 Å². The van der Waals surface area contributed by atoms with E-state index in [2.05, 4.69) is 5.32 Å². The summed E-state index contributed by atoms with van der Waals surface area (Å²) >= 11 is 8.12. The van der Waals surface area contributed by atoms with Crippen LogP contribution in [0.5, 0.6) is 5.75 Å². The van der Waals surface area contributed by atoms with Crippen LogP contribution in [-0.2, 0) is 4.79 Å². The Morgan fingerprint density at radius 3 is 2.57 bits per heavy atom. The highest BCUT2D eigenvalue weighted by Gasteiger charge is 2.21. The van der Waals surface area contributed by atoms with E-state index in [1.165, 1.54) is 23.1 Å². The molecule has 2 aromatic carbocycles. The third kappa shape index (κ3) is 5.34. The summed E-state index contributed by atoms with van der Waals surface area (Å²) in [6.07, 6.45) is 0.838. The Kier molecular flexibility index (Phi) is 8.04. The summed E-state index contributed by atoms with van der Waals surface area (Å²) in [5.74, 6) is 0.680. The van der Waals surface area contributed by atoms with Crippen molar-refractivity contribution in [2.24, 2.45) is 0 Å². The minimum atomic E-state index is -0.227. The van der Waals surface area contributed by atoms with Crippen LogP contribution in [0.25, 0.3) is 21.7 Å². The molecule has 0 spiro atoms. The van der Waals surface area contributed by atoms with Gasteiger partial charge in [-0.15, -0.1) is 0 Å². The summed E-state index contributed by atoms with van der Waals surface area (Å²) in [6.45, 7) is 6.38. The molecule has 10 heteroatoms. The minimum Gasteiger partial charge on any atom is -0.492 e. The molecule has 0 radical (unpaired) electrons. The predicted octanol–water partition coefficient (Wildman–Crippen LogP) is 5.37. The second kappa shape index (κ2) is 11.2. The van der Waals surface area contributed by atoms with E-state index in [0.717, 1.165) is 12.1 Å². The Morgan fingerprint density at radius 2 is 1.86 bits per heavy atom. The molecule has 1 N–H and O–H groups in total. The maximum atomic E-state index is 13.8. The lowest BCUT2D eigenvalue weighted by atomic mass is 10.3. The van der Waals surface area contributed by atoms with Gasteiger partial charge in [-0.1, -0.05) is 60.4 Å². The van der Waals surface area contributed by atoms with E-state index in [1.807, 2.05) is 75.4 Å². The zero-order chi connectivity index (χ0) is 24.9. The van der Waals surface area contributed by atoms with Gasteiger partial charge in [0, 0.05) is 6.04 Å². The first-order valence-corrected chi connectivity index (χ1v) is 13.5. The average Bonchev–Trinajstić information content (AvgIpc) is 3.19. The number of ether oxygens (including phenoxy) is 1. The van der Waals surface area contributed by atoms with E-state index in [0.29, 0.717) is 37.5 Å². The molecule has 7 nitrogen and oxygen atoms in total. The molecule has 2 aromatic heterocycles. The SMILES string of the molecule is CCOc1ccccc1-n1c(=S)sc2c(=O)n(-c3ccccc3)c(SCC(=O)N[C@@H](C)CC)nc21.